The summed E-state index contributed by atoms with van der Waals surface area (Å²) in [5.41, 5.74) is 4.28. The molecule has 2 aliphatic heterocycles. The second-order valence-corrected chi connectivity index (χ2v) is 8.92. The van der Waals surface area contributed by atoms with Crippen molar-refractivity contribution < 1.29 is 13.9 Å². The van der Waals surface area contributed by atoms with Gasteiger partial charge in [0.05, 0.1) is 18.5 Å². The fraction of sp³-hybridized carbons (Fsp3) is 0.357. The number of halogens is 2. The van der Waals surface area contributed by atoms with E-state index in [1.807, 2.05) is 36.4 Å². The van der Waals surface area contributed by atoms with Crippen LogP contribution in [0.25, 0.3) is 0 Å². The maximum atomic E-state index is 14.3. The number of para-hydroxylation sites is 2. The number of likely N-dealkylation sites (tertiary alicyclic amines) is 1. The molecule has 1 atom stereocenters. The fourth-order valence-electron chi connectivity index (χ4n) is 5.03. The van der Waals surface area contributed by atoms with E-state index in [1.165, 1.54) is 24.5 Å². The van der Waals surface area contributed by atoms with Crippen LogP contribution in [0.1, 0.15) is 30.4 Å². The summed E-state index contributed by atoms with van der Waals surface area (Å²) in [5.74, 6) is 1.54. The average molecular weight is 483 g/mol. The van der Waals surface area contributed by atoms with Crippen LogP contribution in [-0.2, 0) is 13.0 Å². The number of rotatable bonds is 6. The first-order valence-corrected chi connectivity index (χ1v) is 11.9. The Hall–Kier alpha value is -2.76. The van der Waals surface area contributed by atoms with Crippen LogP contribution in [0.5, 0.6) is 11.5 Å². The molecule has 3 aromatic carbocycles. The predicted molar refractivity (Wildman–Crippen MR) is 137 cm³/mol. The molecule has 4 nitrogen and oxygen atoms in total. The third-order valence-corrected chi connectivity index (χ3v) is 6.87. The Balaban J connectivity index is 0.00000274. The summed E-state index contributed by atoms with van der Waals surface area (Å²) in [7, 11) is 1.70. The number of methoxy groups -OCH3 is 1. The highest BCUT2D eigenvalue weighted by Crippen LogP contribution is 2.40. The molecule has 0 amide bonds. The molecule has 5 rings (SSSR count). The maximum Gasteiger partial charge on any atom is 0.143 e. The van der Waals surface area contributed by atoms with Gasteiger partial charge < -0.3 is 14.4 Å². The van der Waals surface area contributed by atoms with Gasteiger partial charge in [0.15, 0.2) is 0 Å². The molecule has 0 spiro atoms. The van der Waals surface area contributed by atoms with Crippen molar-refractivity contribution in [2.45, 2.75) is 38.3 Å². The van der Waals surface area contributed by atoms with Crippen LogP contribution in [0, 0.1) is 5.82 Å². The molecule has 6 heteroatoms. The predicted octanol–water partition coefficient (Wildman–Crippen LogP) is 6.38. The molecule has 0 bridgehead atoms. The smallest absolute Gasteiger partial charge is 0.143 e. The highest BCUT2D eigenvalue weighted by atomic mass is 35.5. The summed E-state index contributed by atoms with van der Waals surface area (Å²) >= 11 is 0. The molecule has 0 radical (unpaired) electrons. The molecule has 180 valence electrons. The van der Waals surface area contributed by atoms with Crippen LogP contribution in [-0.4, -0.2) is 37.7 Å². The van der Waals surface area contributed by atoms with Gasteiger partial charge in [-0.15, -0.1) is 12.4 Å². The molecule has 2 aliphatic rings. The highest BCUT2D eigenvalue weighted by molar-refractivity contribution is 5.85. The quantitative estimate of drug-likeness (QED) is 0.406. The van der Waals surface area contributed by atoms with Crippen LogP contribution >= 0.6 is 12.4 Å². The van der Waals surface area contributed by atoms with E-state index in [4.69, 9.17) is 9.47 Å². The molecule has 0 aliphatic carbocycles. The molecule has 0 saturated carbocycles. The molecule has 0 N–H and O–H groups in total. The van der Waals surface area contributed by atoms with Crippen molar-refractivity contribution >= 4 is 23.8 Å². The fourth-order valence-corrected chi connectivity index (χ4v) is 5.03. The zero-order chi connectivity index (χ0) is 22.6. The Bertz CT molecular complexity index is 1090. The second kappa shape index (κ2) is 11.1. The lowest BCUT2D eigenvalue weighted by molar-refractivity contribution is 0.154. The molecular weight excluding hydrogens is 451 g/mol. The average Bonchev–Trinajstić information content (AvgIpc) is 3.01. The van der Waals surface area contributed by atoms with Crippen molar-refractivity contribution in [3.8, 4) is 11.5 Å². The number of nitrogens with zero attached hydrogens (tertiary/aromatic N) is 2. The standard InChI is InChI=1S/C28H31FN2O2.ClH/c1-32-25-13-9-21(10-14-25)15-17-30-16-5-4-6-24(30)19-31-26-7-2-3-8-28(26)33-20-22-11-12-23(29)18-27(22)31;/h2-3,7-14,18,24H,4-6,15-17,19-20H2,1H3;1H/t24-;/m1./s1. The van der Waals surface area contributed by atoms with E-state index in [1.54, 1.807) is 13.2 Å². The first-order valence-electron chi connectivity index (χ1n) is 11.9. The van der Waals surface area contributed by atoms with Crippen molar-refractivity contribution in [3.05, 3.63) is 83.7 Å². The molecule has 3 aromatic rings. The molecular formula is C28H32ClFN2O2. The van der Waals surface area contributed by atoms with Gasteiger partial charge in [0, 0.05) is 24.7 Å². The highest BCUT2D eigenvalue weighted by Gasteiger charge is 2.29. The van der Waals surface area contributed by atoms with E-state index in [0.717, 1.165) is 60.9 Å². The van der Waals surface area contributed by atoms with E-state index >= 15 is 0 Å². The number of ether oxygens (including phenoxy) is 2. The van der Waals surface area contributed by atoms with E-state index < -0.39 is 0 Å². The number of piperidine rings is 1. The SMILES string of the molecule is COc1ccc(CCN2CCCC[C@@H]2CN2c3cc(F)ccc3COc3ccccc32)cc1.Cl. The largest absolute Gasteiger partial charge is 0.497 e. The first kappa shape index (κ1) is 24.4. The summed E-state index contributed by atoms with van der Waals surface area (Å²) < 4.78 is 25.7. The Labute approximate surface area is 207 Å². The number of anilines is 2. The van der Waals surface area contributed by atoms with Crippen molar-refractivity contribution in [2.24, 2.45) is 0 Å². The third kappa shape index (κ3) is 5.31. The van der Waals surface area contributed by atoms with Gasteiger partial charge in [-0.25, -0.2) is 4.39 Å². The molecule has 1 fully saturated rings. The van der Waals surface area contributed by atoms with Gasteiger partial charge in [-0.3, -0.25) is 4.90 Å². The van der Waals surface area contributed by atoms with E-state index in [2.05, 4.69) is 28.0 Å². The Kier molecular flexibility index (Phi) is 7.96. The monoisotopic (exact) mass is 482 g/mol. The Morgan fingerprint density at radius 2 is 1.82 bits per heavy atom. The van der Waals surface area contributed by atoms with E-state index in [9.17, 15) is 4.39 Å². The molecule has 0 unspecified atom stereocenters. The van der Waals surface area contributed by atoms with E-state index in [0.29, 0.717) is 12.6 Å². The van der Waals surface area contributed by atoms with Crippen molar-refractivity contribution in [1.29, 1.82) is 0 Å². The maximum absolute atomic E-state index is 14.3. The molecule has 2 heterocycles. The molecule has 0 aromatic heterocycles. The Morgan fingerprint density at radius 3 is 2.65 bits per heavy atom. The lowest BCUT2D eigenvalue weighted by atomic mass is 9.99. The van der Waals surface area contributed by atoms with Gasteiger partial charge in [-0.2, -0.15) is 0 Å². The summed E-state index contributed by atoms with van der Waals surface area (Å²) in [6, 6.07) is 21.9. The van der Waals surface area contributed by atoms with Gasteiger partial charge in [0.25, 0.3) is 0 Å². The van der Waals surface area contributed by atoms with E-state index in [-0.39, 0.29) is 18.2 Å². The zero-order valence-corrected chi connectivity index (χ0v) is 20.4. The summed E-state index contributed by atoms with van der Waals surface area (Å²) in [4.78, 5) is 4.89. The van der Waals surface area contributed by atoms with Crippen LogP contribution in [0.2, 0.25) is 0 Å². The summed E-state index contributed by atoms with van der Waals surface area (Å²) in [5, 5.41) is 0. The van der Waals surface area contributed by atoms with Gasteiger partial charge in [0.1, 0.15) is 23.9 Å². The van der Waals surface area contributed by atoms with Crippen LogP contribution in [0.3, 0.4) is 0 Å². The van der Waals surface area contributed by atoms with Crippen LogP contribution in [0.15, 0.2) is 66.7 Å². The van der Waals surface area contributed by atoms with Crippen molar-refractivity contribution in [2.75, 3.05) is 31.6 Å². The third-order valence-electron chi connectivity index (χ3n) is 6.87. The minimum absolute atomic E-state index is 0. The van der Waals surface area contributed by atoms with Crippen molar-refractivity contribution in [1.82, 2.24) is 4.90 Å². The second-order valence-electron chi connectivity index (χ2n) is 8.92. The minimum Gasteiger partial charge on any atom is -0.497 e. The minimum atomic E-state index is -0.210. The normalized spacial score (nSPS) is 17.6. The molecule has 34 heavy (non-hydrogen) atoms. The number of hydrogen-bond acceptors (Lipinski definition) is 4. The van der Waals surface area contributed by atoms with Crippen LogP contribution in [0.4, 0.5) is 15.8 Å². The summed E-state index contributed by atoms with van der Waals surface area (Å²) in [6.45, 7) is 3.39. The van der Waals surface area contributed by atoms with Gasteiger partial charge >= 0.3 is 0 Å². The number of hydrogen-bond donors (Lipinski definition) is 0. The summed E-state index contributed by atoms with van der Waals surface area (Å²) in [6.07, 6.45) is 4.61. The first-order chi connectivity index (χ1) is 16.2. The lowest BCUT2D eigenvalue weighted by Crippen LogP contribution is -2.46. The topological polar surface area (TPSA) is 24.9 Å². The zero-order valence-electron chi connectivity index (χ0n) is 19.6. The van der Waals surface area contributed by atoms with Gasteiger partial charge in [-0.05, 0) is 67.8 Å². The molecule has 1 saturated heterocycles. The number of benzene rings is 3. The number of fused-ring (bicyclic) bond motifs is 2. The Morgan fingerprint density at radius 1 is 1.00 bits per heavy atom. The van der Waals surface area contributed by atoms with Crippen molar-refractivity contribution in [3.63, 3.8) is 0 Å². The van der Waals surface area contributed by atoms with Gasteiger partial charge in [-0.1, -0.05) is 36.8 Å². The lowest BCUT2D eigenvalue weighted by Gasteiger charge is -2.39. The van der Waals surface area contributed by atoms with Gasteiger partial charge in [0.2, 0.25) is 0 Å². The van der Waals surface area contributed by atoms with Crippen LogP contribution < -0.4 is 14.4 Å².